The van der Waals surface area contributed by atoms with Crippen LogP contribution in [0.3, 0.4) is 0 Å². The molecule has 1 aromatic rings. The summed E-state index contributed by atoms with van der Waals surface area (Å²) in [4.78, 5) is -0.825. The summed E-state index contributed by atoms with van der Waals surface area (Å²) in [7, 11) is -2.92. The number of halogens is 4. The Labute approximate surface area is 119 Å². The van der Waals surface area contributed by atoms with Gasteiger partial charge in [-0.25, -0.2) is 13.1 Å². The highest BCUT2D eigenvalue weighted by Gasteiger charge is 2.36. The molecule has 1 N–H and O–H groups in total. The van der Waals surface area contributed by atoms with Crippen molar-refractivity contribution in [3.63, 3.8) is 0 Å². The molecule has 1 unspecified atom stereocenters. The van der Waals surface area contributed by atoms with Crippen molar-refractivity contribution in [2.75, 3.05) is 20.3 Å². The van der Waals surface area contributed by atoms with E-state index in [0.717, 1.165) is 12.1 Å². The van der Waals surface area contributed by atoms with Crippen LogP contribution in [0, 0.1) is 0 Å². The largest absolute Gasteiger partial charge is 0.417 e. The van der Waals surface area contributed by atoms with Crippen LogP contribution in [0.1, 0.15) is 5.56 Å². The van der Waals surface area contributed by atoms with E-state index in [-0.39, 0.29) is 13.2 Å². The Morgan fingerprint density at radius 3 is 2.50 bits per heavy atom. The summed E-state index contributed by atoms with van der Waals surface area (Å²) in [6.45, 7) is -0.158. The quantitative estimate of drug-likeness (QED) is 0.813. The van der Waals surface area contributed by atoms with Crippen molar-refractivity contribution >= 4 is 21.6 Å². The predicted octanol–water partition coefficient (Wildman–Crippen LogP) is 2.24. The number of methoxy groups -OCH3 is 1. The molecule has 1 rings (SSSR count). The van der Waals surface area contributed by atoms with Gasteiger partial charge in [-0.2, -0.15) is 13.2 Å². The minimum atomic E-state index is -4.75. The average Bonchev–Trinajstić information content (AvgIpc) is 2.36. The monoisotopic (exact) mass is 331 g/mol. The van der Waals surface area contributed by atoms with E-state index >= 15 is 0 Å². The molecule has 20 heavy (non-hydrogen) atoms. The molecule has 0 aliphatic heterocycles. The van der Waals surface area contributed by atoms with Gasteiger partial charge in [0, 0.05) is 13.7 Å². The molecule has 4 nitrogen and oxygen atoms in total. The Hall–Kier alpha value is -0.830. The van der Waals surface area contributed by atoms with Crippen molar-refractivity contribution in [3.05, 3.63) is 29.8 Å². The molecule has 0 aliphatic carbocycles. The normalized spacial score (nSPS) is 14.2. The molecule has 0 heterocycles. The Morgan fingerprint density at radius 1 is 1.35 bits per heavy atom. The number of alkyl halides is 4. The molecular weight excluding hydrogens is 319 g/mol. The van der Waals surface area contributed by atoms with E-state index in [9.17, 15) is 21.6 Å². The third kappa shape index (κ3) is 4.62. The molecule has 0 saturated carbocycles. The van der Waals surface area contributed by atoms with Gasteiger partial charge in [0.25, 0.3) is 0 Å². The molecule has 0 radical (unpaired) electrons. The Kier molecular flexibility index (Phi) is 5.81. The second-order valence-corrected chi connectivity index (χ2v) is 6.25. The minimum Gasteiger partial charge on any atom is -0.383 e. The zero-order chi connectivity index (χ0) is 15.4. The van der Waals surface area contributed by atoms with Gasteiger partial charge in [0.2, 0.25) is 10.0 Å². The van der Waals surface area contributed by atoms with Crippen LogP contribution in [0.4, 0.5) is 13.2 Å². The molecule has 114 valence electrons. The zero-order valence-corrected chi connectivity index (χ0v) is 12.0. The highest BCUT2D eigenvalue weighted by Crippen LogP contribution is 2.33. The van der Waals surface area contributed by atoms with Crippen molar-refractivity contribution in [2.45, 2.75) is 16.4 Å². The molecule has 0 bridgehead atoms. The Balaban J connectivity index is 2.99. The van der Waals surface area contributed by atoms with E-state index in [1.54, 1.807) is 0 Å². The minimum absolute atomic E-state index is 0.0744. The number of hydrogen-bond acceptors (Lipinski definition) is 3. The molecule has 0 aliphatic rings. The summed E-state index contributed by atoms with van der Waals surface area (Å²) in [5, 5.41) is -0.673. The van der Waals surface area contributed by atoms with E-state index < -0.39 is 32.0 Å². The highest BCUT2D eigenvalue weighted by atomic mass is 35.5. The summed E-state index contributed by atoms with van der Waals surface area (Å²) in [5.74, 6) is 0. The first-order valence-corrected chi connectivity index (χ1v) is 7.39. The van der Waals surface area contributed by atoms with Crippen molar-refractivity contribution in [1.82, 2.24) is 4.72 Å². The molecular formula is C11H13ClF3NO3S. The maximum absolute atomic E-state index is 12.8. The molecule has 0 saturated heterocycles. The summed E-state index contributed by atoms with van der Waals surface area (Å²) in [6.07, 6.45) is -4.75. The Morgan fingerprint density at radius 2 is 1.95 bits per heavy atom. The predicted molar refractivity (Wildman–Crippen MR) is 68.1 cm³/mol. The van der Waals surface area contributed by atoms with Crippen LogP contribution in [0.5, 0.6) is 0 Å². The fraction of sp³-hybridized carbons (Fsp3) is 0.455. The molecule has 0 aromatic heterocycles. The van der Waals surface area contributed by atoms with Crippen LogP contribution in [0.2, 0.25) is 0 Å². The first kappa shape index (κ1) is 17.2. The van der Waals surface area contributed by atoms with Gasteiger partial charge in [0.1, 0.15) is 0 Å². The van der Waals surface area contributed by atoms with Crippen LogP contribution >= 0.6 is 11.6 Å². The third-order valence-corrected chi connectivity index (χ3v) is 4.09. The lowest BCUT2D eigenvalue weighted by molar-refractivity contribution is -0.139. The van der Waals surface area contributed by atoms with Gasteiger partial charge >= 0.3 is 6.18 Å². The lowest BCUT2D eigenvalue weighted by Crippen LogP contribution is -2.32. The first-order valence-electron chi connectivity index (χ1n) is 5.47. The number of sulfonamides is 1. The number of hydrogen-bond donors (Lipinski definition) is 1. The van der Waals surface area contributed by atoms with Gasteiger partial charge in [-0.15, -0.1) is 11.6 Å². The fourth-order valence-corrected chi connectivity index (χ4v) is 3.05. The SMILES string of the molecule is COCC(Cl)CNS(=O)(=O)c1ccccc1C(F)(F)F. The van der Waals surface area contributed by atoms with Crippen LogP contribution in [-0.4, -0.2) is 34.1 Å². The van der Waals surface area contributed by atoms with Crippen LogP contribution in [0.25, 0.3) is 0 Å². The molecule has 0 amide bonds. The second-order valence-electron chi connectivity index (χ2n) is 3.90. The van der Waals surface area contributed by atoms with Crippen molar-refractivity contribution < 1.29 is 26.3 Å². The molecule has 1 aromatic carbocycles. The van der Waals surface area contributed by atoms with Crippen LogP contribution < -0.4 is 4.72 Å². The maximum Gasteiger partial charge on any atom is 0.417 e. The average molecular weight is 332 g/mol. The fourth-order valence-electron chi connectivity index (χ4n) is 1.45. The van der Waals surface area contributed by atoms with Gasteiger partial charge in [0.15, 0.2) is 0 Å². The number of benzene rings is 1. The highest BCUT2D eigenvalue weighted by molar-refractivity contribution is 7.89. The van der Waals surface area contributed by atoms with Gasteiger partial charge < -0.3 is 4.74 Å². The van der Waals surface area contributed by atoms with E-state index in [4.69, 9.17) is 16.3 Å². The van der Waals surface area contributed by atoms with Crippen molar-refractivity contribution in [1.29, 1.82) is 0 Å². The summed E-state index contributed by atoms with van der Waals surface area (Å²) < 4.78 is 68.8. The van der Waals surface area contributed by atoms with Gasteiger partial charge in [-0.1, -0.05) is 12.1 Å². The van der Waals surface area contributed by atoms with Gasteiger partial charge in [-0.05, 0) is 12.1 Å². The topological polar surface area (TPSA) is 55.4 Å². The lowest BCUT2D eigenvalue weighted by Gasteiger charge is -2.15. The maximum atomic E-state index is 12.8. The van der Waals surface area contributed by atoms with Crippen molar-refractivity contribution in [2.24, 2.45) is 0 Å². The summed E-state index contributed by atoms with van der Waals surface area (Å²) >= 11 is 5.73. The van der Waals surface area contributed by atoms with Crippen LogP contribution in [-0.2, 0) is 20.9 Å². The third-order valence-electron chi connectivity index (χ3n) is 2.32. The summed E-state index contributed by atoms with van der Waals surface area (Å²) in [5.41, 5.74) is -1.22. The van der Waals surface area contributed by atoms with E-state index in [0.29, 0.717) is 6.07 Å². The molecule has 1 atom stereocenters. The standard InChI is InChI=1S/C11H13ClF3NO3S/c1-19-7-8(12)6-16-20(17,18)10-5-3-2-4-9(10)11(13,14)15/h2-5,8,16H,6-7H2,1H3. The Bertz CT molecular complexity index is 548. The molecule has 0 spiro atoms. The van der Waals surface area contributed by atoms with Gasteiger partial charge in [-0.3, -0.25) is 0 Å². The van der Waals surface area contributed by atoms with E-state index in [1.165, 1.54) is 13.2 Å². The first-order chi connectivity index (χ1) is 9.18. The van der Waals surface area contributed by atoms with E-state index in [2.05, 4.69) is 0 Å². The van der Waals surface area contributed by atoms with Gasteiger partial charge in [0.05, 0.1) is 22.4 Å². The van der Waals surface area contributed by atoms with Crippen molar-refractivity contribution in [3.8, 4) is 0 Å². The second kappa shape index (κ2) is 6.75. The summed E-state index contributed by atoms with van der Waals surface area (Å²) in [6, 6.07) is 3.95. The number of ether oxygens (including phenoxy) is 1. The molecule has 0 fully saturated rings. The zero-order valence-electron chi connectivity index (χ0n) is 10.4. The number of nitrogens with one attached hydrogen (secondary N) is 1. The number of rotatable bonds is 6. The lowest BCUT2D eigenvalue weighted by atomic mass is 10.2. The smallest absolute Gasteiger partial charge is 0.383 e. The van der Waals surface area contributed by atoms with Crippen LogP contribution in [0.15, 0.2) is 29.2 Å². The van der Waals surface area contributed by atoms with E-state index in [1.807, 2.05) is 4.72 Å². The molecule has 9 heteroatoms.